The molecule has 6 aromatic rings. The van der Waals surface area contributed by atoms with Gasteiger partial charge in [0, 0.05) is 131 Å². The number of sulfone groups is 1. The summed E-state index contributed by atoms with van der Waals surface area (Å²) in [4.78, 5) is 65.4. The van der Waals surface area contributed by atoms with Gasteiger partial charge in [-0.2, -0.15) is 0 Å². The number of carbonyl (C=O) groups is 4. The summed E-state index contributed by atoms with van der Waals surface area (Å²) in [7, 11) is -3.13. The van der Waals surface area contributed by atoms with Crippen molar-refractivity contribution in [3.63, 3.8) is 0 Å². The van der Waals surface area contributed by atoms with Crippen LogP contribution in [0.25, 0.3) is 21.5 Å². The topological polar surface area (TPSA) is 206 Å². The van der Waals surface area contributed by atoms with Gasteiger partial charge in [0.05, 0.1) is 11.5 Å². The molecule has 3 amide bonds. The Hall–Kier alpha value is -5.93. The fourth-order valence-electron chi connectivity index (χ4n) is 9.52. The molecule has 3 aliphatic heterocycles. The van der Waals surface area contributed by atoms with E-state index in [-0.39, 0.29) is 75.7 Å². The second-order valence-corrected chi connectivity index (χ2v) is 22.9. The summed E-state index contributed by atoms with van der Waals surface area (Å²) in [6.45, 7) is 4.80. The zero-order chi connectivity index (χ0) is 51.3. The van der Waals surface area contributed by atoms with Crippen LogP contribution in [-0.4, -0.2) is 136 Å². The fraction of sp³-hybridized carbons (Fsp3) is 0.370. The number of carbonyl (C=O) groups excluding carboxylic acids is 3. The molecule has 2 aromatic heterocycles. The minimum Gasteiger partial charge on any atom is -0.480 e. The largest absolute Gasteiger partial charge is 0.480 e. The number of carboxylic acid groups (broad SMARTS) is 1. The lowest BCUT2D eigenvalue weighted by molar-refractivity contribution is -0.142. The number of anilines is 2. The highest BCUT2D eigenvalue weighted by molar-refractivity contribution is 9.10. The molecule has 3 saturated heterocycles. The summed E-state index contributed by atoms with van der Waals surface area (Å²) in [5.74, 6) is -2.05. The molecule has 16 nitrogen and oxygen atoms in total. The van der Waals surface area contributed by atoms with Crippen LogP contribution in [-0.2, 0) is 42.1 Å². The Kier molecular flexibility index (Phi) is 20.0. The standard InChI is InChI=1S/C29H34BrN5O4S.C25H27BrN4O3.B/c30-25-4-3-23-17-21(1-2-24(23)18-25)19-32-20-27(29(37)35-13-15-40(38,39)16-14-35)33-28(36)22-7-11-34(12-8-22)26-5-9-31-10-6-26;26-21-4-3-19-13-17(1-2-20(19)14-21)15-28-16-23(25(32)33)29-24(31)18-7-11-30(12-8-18)22-5-9-27-10-6-22;/h1-6,9-10,17-18,22,27,32H,7-8,11-16,19-20H2,(H,33,36);1-6,9-10,13-14,18,23,28H,7-8,11-12,15-16H2,(H,29,31)(H,32,33);. The zero-order valence-corrected chi connectivity index (χ0v) is 45.0. The van der Waals surface area contributed by atoms with Crippen LogP contribution in [0, 0.1) is 11.8 Å². The van der Waals surface area contributed by atoms with Gasteiger partial charge in [0.2, 0.25) is 17.7 Å². The van der Waals surface area contributed by atoms with E-state index in [4.69, 9.17) is 0 Å². The number of aromatic nitrogens is 2. The molecule has 5 heterocycles. The van der Waals surface area contributed by atoms with E-state index in [1.54, 1.807) is 29.7 Å². The summed E-state index contributed by atoms with van der Waals surface area (Å²) in [5.41, 5.74) is 4.31. The molecule has 20 heteroatoms. The third-order valence-electron chi connectivity index (χ3n) is 13.8. The van der Waals surface area contributed by atoms with Gasteiger partial charge in [-0.1, -0.05) is 68.3 Å². The summed E-state index contributed by atoms with van der Waals surface area (Å²) < 4.78 is 25.9. The highest BCUT2D eigenvalue weighted by atomic mass is 79.9. The maximum atomic E-state index is 13.5. The number of nitrogens with one attached hydrogen (secondary N) is 4. The van der Waals surface area contributed by atoms with Crippen molar-refractivity contribution in [2.24, 2.45) is 11.8 Å². The second kappa shape index (κ2) is 26.5. The van der Waals surface area contributed by atoms with Gasteiger partial charge in [0.25, 0.3) is 0 Å². The number of hydrogen-bond donors (Lipinski definition) is 5. The van der Waals surface area contributed by atoms with Gasteiger partial charge in [0.15, 0.2) is 9.84 Å². The number of hydrogen-bond acceptors (Lipinski definition) is 12. The molecule has 0 bridgehead atoms. The number of aliphatic carboxylic acids is 1. The number of rotatable bonds is 16. The molecular weight excluding hydrogens is 1090 g/mol. The fourth-order valence-corrected chi connectivity index (χ4v) is 11.5. The van der Waals surface area contributed by atoms with Crippen molar-refractivity contribution in [3.05, 3.63) is 142 Å². The minimum absolute atomic E-state index is 0. The van der Waals surface area contributed by atoms with E-state index < -0.39 is 27.9 Å². The monoisotopic (exact) mass is 1150 g/mol. The molecule has 3 aliphatic rings. The SMILES string of the molecule is O=C(NC(CNCc1ccc2cc(Br)ccc2c1)C(=O)N1CCS(=O)(=O)CC1)C1CCN(c2ccncc2)CC1.O=C(NC(CNCc1ccc2cc(Br)ccc2c1)C(=O)O)C1CCN(c2ccncc2)CC1.[B]. The second-order valence-electron chi connectivity index (χ2n) is 18.8. The Morgan fingerprint density at radius 1 is 0.568 bits per heavy atom. The summed E-state index contributed by atoms with van der Waals surface area (Å²) in [6.07, 6.45) is 9.82. The number of fused-ring (bicyclic) bond motifs is 2. The van der Waals surface area contributed by atoms with E-state index in [0.717, 1.165) is 79.2 Å². The summed E-state index contributed by atoms with van der Waals surface area (Å²) >= 11 is 6.98. The first kappa shape index (κ1) is 55.8. The third-order valence-corrected chi connectivity index (χ3v) is 16.4. The van der Waals surface area contributed by atoms with Crippen LogP contribution in [0.5, 0.6) is 0 Å². The van der Waals surface area contributed by atoms with E-state index in [2.05, 4.69) is 109 Å². The van der Waals surface area contributed by atoms with Gasteiger partial charge in [0.1, 0.15) is 12.1 Å². The molecule has 2 unspecified atom stereocenters. The summed E-state index contributed by atoms with van der Waals surface area (Å²) in [5, 5.41) is 26.4. The first-order valence-corrected chi connectivity index (χ1v) is 28.1. The van der Waals surface area contributed by atoms with E-state index in [0.29, 0.717) is 38.8 Å². The number of pyridine rings is 2. The molecule has 3 radical (unpaired) electrons. The molecule has 9 rings (SSSR count). The molecule has 4 aromatic carbocycles. The maximum Gasteiger partial charge on any atom is 0.327 e. The zero-order valence-electron chi connectivity index (χ0n) is 41.0. The van der Waals surface area contributed by atoms with Crippen LogP contribution in [0.4, 0.5) is 11.4 Å². The van der Waals surface area contributed by atoms with Gasteiger partial charge in [-0.05, 0) is 119 Å². The van der Waals surface area contributed by atoms with E-state index in [9.17, 15) is 32.7 Å². The predicted octanol–water partition coefficient (Wildman–Crippen LogP) is 5.94. The van der Waals surface area contributed by atoms with Gasteiger partial charge in [-0.25, -0.2) is 13.2 Å². The van der Waals surface area contributed by atoms with Crippen LogP contribution in [0.15, 0.2) is 131 Å². The highest BCUT2D eigenvalue weighted by Gasteiger charge is 2.34. The quantitative estimate of drug-likeness (QED) is 0.0714. The Morgan fingerprint density at radius 3 is 1.39 bits per heavy atom. The van der Waals surface area contributed by atoms with Crippen molar-refractivity contribution >= 4 is 107 Å². The number of nitrogens with zero attached hydrogens (tertiary/aromatic N) is 5. The predicted molar refractivity (Wildman–Crippen MR) is 298 cm³/mol. The smallest absolute Gasteiger partial charge is 0.327 e. The van der Waals surface area contributed by atoms with Crippen LogP contribution in [0.3, 0.4) is 0 Å². The van der Waals surface area contributed by atoms with Crippen molar-refractivity contribution in [2.75, 3.05) is 73.7 Å². The molecule has 3 fully saturated rings. The molecule has 2 atom stereocenters. The van der Waals surface area contributed by atoms with Crippen LogP contribution >= 0.6 is 31.9 Å². The third kappa shape index (κ3) is 15.6. The number of halogens is 2. The van der Waals surface area contributed by atoms with Crippen LogP contribution < -0.4 is 31.1 Å². The van der Waals surface area contributed by atoms with E-state index in [1.807, 2.05) is 60.7 Å². The van der Waals surface area contributed by atoms with Crippen molar-refractivity contribution in [3.8, 4) is 0 Å². The normalized spacial score (nSPS) is 16.8. The van der Waals surface area contributed by atoms with Crippen molar-refractivity contribution in [1.82, 2.24) is 36.1 Å². The van der Waals surface area contributed by atoms with Crippen molar-refractivity contribution < 1.29 is 32.7 Å². The van der Waals surface area contributed by atoms with Crippen LogP contribution in [0.1, 0.15) is 36.8 Å². The van der Waals surface area contributed by atoms with Crippen molar-refractivity contribution in [1.29, 1.82) is 0 Å². The van der Waals surface area contributed by atoms with Gasteiger partial charge in [-0.3, -0.25) is 24.4 Å². The van der Waals surface area contributed by atoms with Gasteiger partial charge < -0.3 is 41.1 Å². The Bertz CT molecular complexity index is 2970. The number of carboxylic acids is 1. The summed E-state index contributed by atoms with van der Waals surface area (Å²) in [6, 6.07) is 30.7. The molecule has 387 valence electrons. The molecule has 74 heavy (non-hydrogen) atoms. The first-order valence-electron chi connectivity index (χ1n) is 24.7. The van der Waals surface area contributed by atoms with E-state index in [1.165, 1.54) is 0 Å². The average molecular weight is 1150 g/mol. The maximum absolute atomic E-state index is 13.5. The van der Waals surface area contributed by atoms with E-state index >= 15 is 0 Å². The highest BCUT2D eigenvalue weighted by Crippen LogP contribution is 2.26. The minimum atomic E-state index is -3.13. The first-order chi connectivity index (χ1) is 35.3. The number of amides is 3. The Balaban J connectivity index is 0.000000217. The number of piperidine rings is 2. The lowest BCUT2D eigenvalue weighted by atomic mass is 9.95. The lowest BCUT2D eigenvalue weighted by Gasteiger charge is -2.34. The average Bonchev–Trinajstić information content (AvgIpc) is 3.40. The number of benzene rings is 4. The Labute approximate surface area is 451 Å². The van der Waals surface area contributed by atoms with Gasteiger partial charge in [-0.15, -0.1) is 0 Å². The molecule has 5 N–H and O–H groups in total. The molecular formula is C54H61BBr2N9O7S. The van der Waals surface area contributed by atoms with Crippen LogP contribution in [0.2, 0.25) is 0 Å². The molecule has 0 spiro atoms. The lowest BCUT2D eigenvalue weighted by Crippen LogP contribution is -2.57. The Morgan fingerprint density at radius 2 is 0.959 bits per heavy atom. The van der Waals surface area contributed by atoms with Crippen molar-refractivity contribution in [2.45, 2.75) is 50.9 Å². The molecule has 0 saturated carbocycles. The van der Waals surface area contributed by atoms with Gasteiger partial charge >= 0.3 is 5.97 Å². The molecule has 0 aliphatic carbocycles.